The molecule has 3 fully saturated rings. The fourth-order valence-electron chi connectivity index (χ4n) is 5.19. The highest BCUT2D eigenvalue weighted by Gasteiger charge is 2.46. The van der Waals surface area contributed by atoms with Crippen molar-refractivity contribution < 1.29 is 0 Å². The van der Waals surface area contributed by atoms with Gasteiger partial charge in [-0.05, 0) is 71.0 Å². The first-order valence-electron chi connectivity index (χ1n) is 10.0. The normalized spacial score (nSPS) is 24.4. The number of benzene rings is 2. The quantitative estimate of drug-likeness (QED) is 0.633. The molecule has 136 valence electrons. The average Bonchev–Trinajstić information content (AvgIpc) is 2.70. The fraction of sp³-hybridized carbons (Fsp3) is 0.320. The third kappa shape index (κ3) is 3.19. The Morgan fingerprint density at radius 1 is 0.889 bits per heavy atom. The molecule has 0 spiro atoms. The van der Waals surface area contributed by atoms with Crippen LogP contribution >= 0.6 is 0 Å². The van der Waals surface area contributed by atoms with Gasteiger partial charge in [0, 0.05) is 32.0 Å². The van der Waals surface area contributed by atoms with Crippen LogP contribution in [0.1, 0.15) is 29.0 Å². The van der Waals surface area contributed by atoms with Gasteiger partial charge in [0.05, 0.1) is 0 Å². The van der Waals surface area contributed by atoms with E-state index < -0.39 is 0 Å². The molecule has 6 rings (SSSR count). The molecule has 0 amide bonds. The maximum Gasteiger partial charge on any atom is 0.0271 e. The predicted molar refractivity (Wildman–Crippen MR) is 110 cm³/mol. The van der Waals surface area contributed by atoms with Gasteiger partial charge in [0.15, 0.2) is 0 Å². The number of aryl methyl sites for hydroxylation is 1. The van der Waals surface area contributed by atoms with E-state index in [2.05, 4.69) is 77.5 Å². The summed E-state index contributed by atoms with van der Waals surface area (Å²) in [7, 11) is 0. The van der Waals surface area contributed by atoms with Crippen LogP contribution in [0, 0.1) is 18.8 Å². The second-order valence-electron chi connectivity index (χ2n) is 8.27. The van der Waals surface area contributed by atoms with Crippen LogP contribution < -0.4 is 0 Å². The van der Waals surface area contributed by atoms with Crippen molar-refractivity contribution in [2.24, 2.45) is 11.8 Å². The number of aromatic nitrogens is 1. The summed E-state index contributed by atoms with van der Waals surface area (Å²) >= 11 is 0. The Hall–Kier alpha value is -2.45. The van der Waals surface area contributed by atoms with E-state index >= 15 is 0 Å². The van der Waals surface area contributed by atoms with Crippen LogP contribution in [-0.2, 0) is 6.54 Å². The highest BCUT2D eigenvalue weighted by atomic mass is 15.2. The molecule has 1 aliphatic carbocycles. The monoisotopic (exact) mass is 354 g/mol. The van der Waals surface area contributed by atoms with E-state index in [1.54, 1.807) is 0 Å². The van der Waals surface area contributed by atoms with Crippen molar-refractivity contribution in [3.05, 3.63) is 89.7 Å². The molecule has 2 aliphatic heterocycles. The number of hydrogen-bond acceptors (Lipinski definition) is 2. The Bertz CT molecular complexity index is 905. The van der Waals surface area contributed by atoms with Gasteiger partial charge < -0.3 is 0 Å². The Morgan fingerprint density at radius 3 is 2.30 bits per heavy atom. The highest BCUT2D eigenvalue weighted by molar-refractivity contribution is 5.67. The topological polar surface area (TPSA) is 16.1 Å². The first kappa shape index (κ1) is 16.7. The third-order valence-electron chi connectivity index (χ3n) is 6.51. The van der Waals surface area contributed by atoms with Gasteiger partial charge in [0.2, 0.25) is 0 Å². The van der Waals surface area contributed by atoms with Gasteiger partial charge in [-0.15, -0.1) is 0 Å². The Morgan fingerprint density at radius 2 is 1.59 bits per heavy atom. The smallest absolute Gasteiger partial charge is 0.0271 e. The number of pyridine rings is 1. The molecule has 2 saturated heterocycles. The molecule has 2 atom stereocenters. The lowest BCUT2D eigenvalue weighted by molar-refractivity contribution is -0.00532. The number of nitrogens with zero attached hydrogens (tertiary/aromatic N) is 2. The summed E-state index contributed by atoms with van der Waals surface area (Å²) in [6.07, 6.45) is 5.20. The minimum absolute atomic E-state index is 0.754. The Kier molecular flexibility index (Phi) is 4.29. The molecule has 2 bridgehead atoms. The zero-order chi connectivity index (χ0) is 18.2. The van der Waals surface area contributed by atoms with E-state index in [1.165, 1.54) is 47.3 Å². The molecule has 3 heterocycles. The summed E-state index contributed by atoms with van der Waals surface area (Å²) in [5.41, 5.74) is 6.95. The predicted octanol–water partition coefficient (Wildman–Crippen LogP) is 5.29. The van der Waals surface area contributed by atoms with Crippen molar-refractivity contribution in [1.29, 1.82) is 0 Å². The van der Waals surface area contributed by atoms with Crippen LogP contribution in [0.15, 0.2) is 73.1 Å². The van der Waals surface area contributed by atoms with Gasteiger partial charge in [-0.1, -0.05) is 48.5 Å². The van der Waals surface area contributed by atoms with Crippen LogP contribution in [0.3, 0.4) is 0 Å². The zero-order valence-corrected chi connectivity index (χ0v) is 15.9. The fourth-order valence-corrected chi connectivity index (χ4v) is 5.19. The number of hydrogen-bond donors (Lipinski definition) is 0. The Balaban J connectivity index is 1.28. The molecular weight excluding hydrogens is 328 g/mol. The summed E-state index contributed by atoms with van der Waals surface area (Å²) in [6, 6.07) is 22.3. The van der Waals surface area contributed by atoms with Gasteiger partial charge in [-0.3, -0.25) is 9.88 Å². The van der Waals surface area contributed by atoms with E-state index in [0.29, 0.717) is 0 Å². The lowest BCUT2D eigenvalue weighted by Crippen LogP contribution is -2.53. The van der Waals surface area contributed by atoms with Crippen LogP contribution in [-0.4, -0.2) is 23.0 Å². The number of rotatable bonds is 4. The van der Waals surface area contributed by atoms with E-state index in [1.807, 2.05) is 12.4 Å². The van der Waals surface area contributed by atoms with Crippen molar-refractivity contribution >= 4 is 0 Å². The van der Waals surface area contributed by atoms with Crippen molar-refractivity contribution in [3.8, 4) is 11.1 Å². The third-order valence-corrected chi connectivity index (χ3v) is 6.51. The van der Waals surface area contributed by atoms with E-state index in [9.17, 15) is 0 Å². The molecule has 0 radical (unpaired) electrons. The molecular formula is C25H26N2. The van der Waals surface area contributed by atoms with E-state index in [4.69, 9.17) is 0 Å². The average molecular weight is 354 g/mol. The second kappa shape index (κ2) is 6.94. The zero-order valence-electron chi connectivity index (χ0n) is 15.9. The lowest BCUT2D eigenvalue weighted by Gasteiger charge is -2.54. The van der Waals surface area contributed by atoms with Gasteiger partial charge >= 0.3 is 0 Å². The van der Waals surface area contributed by atoms with Crippen molar-refractivity contribution in [1.82, 2.24) is 9.88 Å². The van der Waals surface area contributed by atoms with Crippen molar-refractivity contribution in [2.45, 2.75) is 25.8 Å². The first-order chi connectivity index (χ1) is 13.3. The largest absolute Gasteiger partial charge is 0.298 e. The maximum absolute atomic E-state index is 4.13. The standard InChI is InChI=1S/C25H26N2/c1-18-4-2-3-5-24(18)20-6-8-21(9-7-20)25-22-14-23(25)17-27(16-22)15-19-10-12-26-13-11-19/h2-13,22-23,25H,14-17H2,1H3. The summed E-state index contributed by atoms with van der Waals surface area (Å²) < 4.78 is 0. The van der Waals surface area contributed by atoms with Crippen LogP contribution in [0.5, 0.6) is 0 Å². The highest BCUT2D eigenvalue weighted by Crippen LogP contribution is 2.52. The molecule has 2 heteroatoms. The minimum atomic E-state index is 0.754. The first-order valence-corrected chi connectivity index (χ1v) is 10.0. The molecule has 3 aliphatic rings. The number of piperidine rings is 2. The van der Waals surface area contributed by atoms with Crippen LogP contribution in [0.25, 0.3) is 11.1 Å². The molecule has 2 aromatic carbocycles. The van der Waals surface area contributed by atoms with E-state index in [-0.39, 0.29) is 0 Å². The SMILES string of the molecule is Cc1ccccc1-c1ccc(C2C3CC2CN(Cc2ccncc2)C3)cc1. The summed E-state index contributed by atoms with van der Waals surface area (Å²) in [4.78, 5) is 6.76. The summed E-state index contributed by atoms with van der Waals surface area (Å²) in [6.45, 7) is 5.71. The minimum Gasteiger partial charge on any atom is -0.298 e. The molecule has 1 aromatic heterocycles. The van der Waals surface area contributed by atoms with Crippen molar-refractivity contribution in [2.75, 3.05) is 13.1 Å². The molecule has 3 aromatic rings. The molecule has 1 saturated carbocycles. The Labute approximate surface area is 161 Å². The second-order valence-corrected chi connectivity index (χ2v) is 8.27. The number of fused-ring (bicyclic) bond motifs is 2. The molecule has 2 unspecified atom stereocenters. The van der Waals surface area contributed by atoms with Crippen LogP contribution in [0.4, 0.5) is 0 Å². The summed E-state index contributed by atoms with van der Waals surface area (Å²) in [5, 5.41) is 0. The molecule has 0 N–H and O–H groups in total. The maximum atomic E-state index is 4.13. The molecule has 27 heavy (non-hydrogen) atoms. The van der Waals surface area contributed by atoms with Gasteiger partial charge in [0.25, 0.3) is 0 Å². The summed E-state index contributed by atoms with van der Waals surface area (Å²) in [5.74, 6) is 2.38. The van der Waals surface area contributed by atoms with Crippen LogP contribution in [0.2, 0.25) is 0 Å². The van der Waals surface area contributed by atoms with E-state index in [0.717, 1.165) is 24.3 Å². The van der Waals surface area contributed by atoms with Gasteiger partial charge in [0.1, 0.15) is 0 Å². The van der Waals surface area contributed by atoms with Gasteiger partial charge in [-0.2, -0.15) is 0 Å². The van der Waals surface area contributed by atoms with Crippen molar-refractivity contribution in [3.63, 3.8) is 0 Å². The lowest BCUT2D eigenvalue weighted by atomic mass is 9.59. The van der Waals surface area contributed by atoms with Gasteiger partial charge in [-0.25, -0.2) is 0 Å². The molecule has 2 nitrogen and oxygen atoms in total.